The second-order valence-electron chi connectivity index (χ2n) is 8.18. The number of benzene rings is 3. The van der Waals surface area contributed by atoms with E-state index in [1.807, 2.05) is 69.3 Å². The van der Waals surface area contributed by atoms with Crippen molar-refractivity contribution in [2.75, 3.05) is 16.8 Å². The van der Waals surface area contributed by atoms with Crippen molar-refractivity contribution in [3.05, 3.63) is 92.3 Å². The summed E-state index contributed by atoms with van der Waals surface area (Å²) in [6, 6.07) is 18.9. The van der Waals surface area contributed by atoms with Crippen LogP contribution in [0.2, 0.25) is 0 Å². The minimum absolute atomic E-state index is 0.131. The largest absolute Gasteiger partial charge is 0.484 e. The number of nitrogens with one attached hydrogen (secondary N) is 1. The van der Waals surface area contributed by atoms with Gasteiger partial charge in [0.2, 0.25) is 0 Å². The summed E-state index contributed by atoms with van der Waals surface area (Å²) in [4.78, 5) is 27.6. The number of aryl methyl sites for hydroxylation is 3. The number of thiocarbonyl (C=S) groups is 1. The lowest BCUT2D eigenvalue weighted by Gasteiger charge is -2.14. The molecule has 4 rings (SSSR count). The third-order valence-corrected chi connectivity index (χ3v) is 7.13. The zero-order valence-electron chi connectivity index (χ0n) is 19.4. The van der Waals surface area contributed by atoms with E-state index in [9.17, 15) is 9.59 Å². The highest BCUT2D eigenvalue weighted by Gasteiger charge is 2.33. The number of nitrogens with zero attached hydrogens (tertiary/aromatic N) is 1. The van der Waals surface area contributed by atoms with E-state index in [0.29, 0.717) is 15.0 Å². The molecular formula is C27H23BrN2O3S2. The molecule has 0 aliphatic carbocycles. The molecule has 1 saturated heterocycles. The zero-order chi connectivity index (χ0) is 25.1. The minimum atomic E-state index is -0.247. The molecule has 1 heterocycles. The monoisotopic (exact) mass is 566 g/mol. The summed E-state index contributed by atoms with van der Waals surface area (Å²) in [7, 11) is 0. The van der Waals surface area contributed by atoms with Gasteiger partial charge in [-0.2, -0.15) is 0 Å². The standard InChI is InChI=1S/C27H23BrN2O3S2/c1-16-7-9-21(10-8-16)30-26(32)23(35-27(30)34)14-19-5-4-6-22(13-19)33-15-24(31)29-25-17(2)11-20(28)12-18(25)3/h4-14H,15H2,1-3H3,(H,29,31)/b23-14-. The van der Waals surface area contributed by atoms with E-state index in [0.717, 1.165) is 38.1 Å². The number of thioether (sulfide) groups is 1. The highest BCUT2D eigenvalue weighted by Crippen LogP contribution is 2.36. The van der Waals surface area contributed by atoms with Gasteiger partial charge in [0.05, 0.1) is 10.6 Å². The Morgan fingerprint density at radius 1 is 1.09 bits per heavy atom. The van der Waals surface area contributed by atoms with Crippen LogP contribution in [0.3, 0.4) is 0 Å². The molecule has 0 unspecified atom stereocenters. The Kier molecular flexibility index (Phi) is 7.74. The van der Waals surface area contributed by atoms with Crippen LogP contribution in [-0.2, 0) is 9.59 Å². The van der Waals surface area contributed by atoms with Crippen LogP contribution >= 0.6 is 39.9 Å². The predicted molar refractivity (Wildman–Crippen MR) is 151 cm³/mol. The molecule has 35 heavy (non-hydrogen) atoms. The van der Waals surface area contributed by atoms with Gasteiger partial charge in [0.15, 0.2) is 10.9 Å². The first-order valence-corrected chi connectivity index (χ1v) is 12.9. The number of anilines is 2. The van der Waals surface area contributed by atoms with Gasteiger partial charge in [0.1, 0.15) is 5.75 Å². The van der Waals surface area contributed by atoms with Gasteiger partial charge >= 0.3 is 0 Å². The molecule has 0 radical (unpaired) electrons. The quantitative estimate of drug-likeness (QED) is 0.262. The number of carbonyl (C=O) groups is 2. The summed E-state index contributed by atoms with van der Waals surface area (Å²) in [5, 5.41) is 2.92. The van der Waals surface area contributed by atoms with Crippen LogP contribution in [-0.4, -0.2) is 22.7 Å². The van der Waals surface area contributed by atoms with E-state index in [-0.39, 0.29) is 18.4 Å². The second kappa shape index (κ2) is 10.8. The fourth-order valence-electron chi connectivity index (χ4n) is 3.66. The van der Waals surface area contributed by atoms with E-state index in [2.05, 4.69) is 21.2 Å². The smallest absolute Gasteiger partial charge is 0.270 e. The Hall–Kier alpha value is -2.94. The predicted octanol–water partition coefficient (Wildman–Crippen LogP) is 6.80. The first kappa shape index (κ1) is 25.2. The van der Waals surface area contributed by atoms with Crippen molar-refractivity contribution >= 4 is 73.5 Å². The summed E-state index contributed by atoms with van der Waals surface area (Å²) in [5.74, 6) is 0.129. The van der Waals surface area contributed by atoms with Gasteiger partial charge in [0, 0.05) is 10.2 Å². The van der Waals surface area contributed by atoms with Gasteiger partial charge in [-0.25, -0.2) is 0 Å². The van der Waals surface area contributed by atoms with Crippen LogP contribution in [0.1, 0.15) is 22.3 Å². The molecule has 0 atom stereocenters. The van der Waals surface area contributed by atoms with Crippen LogP contribution < -0.4 is 15.0 Å². The van der Waals surface area contributed by atoms with E-state index in [4.69, 9.17) is 17.0 Å². The molecule has 1 aliphatic heterocycles. The van der Waals surface area contributed by atoms with Crippen LogP contribution in [0.25, 0.3) is 6.08 Å². The number of ether oxygens (including phenoxy) is 1. The molecule has 0 saturated carbocycles. The SMILES string of the molecule is Cc1ccc(N2C(=O)/C(=C/c3cccc(OCC(=O)Nc4c(C)cc(Br)cc4C)c3)SC2=S)cc1. The van der Waals surface area contributed by atoms with E-state index in [1.165, 1.54) is 11.8 Å². The Labute approximate surface area is 222 Å². The maximum atomic E-state index is 13.0. The molecule has 0 bridgehead atoms. The summed E-state index contributed by atoms with van der Waals surface area (Å²) < 4.78 is 7.18. The molecule has 0 spiro atoms. The van der Waals surface area contributed by atoms with Crippen LogP contribution in [0.15, 0.2) is 70.0 Å². The van der Waals surface area contributed by atoms with Crippen molar-refractivity contribution in [1.82, 2.24) is 0 Å². The fourth-order valence-corrected chi connectivity index (χ4v) is 5.65. The zero-order valence-corrected chi connectivity index (χ0v) is 22.6. The normalized spacial score (nSPS) is 14.5. The lowest BCUT2D eigenvalue weighted by Crippen LogP contribution is -2.27. The van der Waals surface area contributed by atoms with Gasteiger partial charge < -0.3 is 10.1 Å². The van der Waals surface area contributed by atoms with Gasteiger partial charge in [-0.3, -0.25) is 14.5 Å². The second-order valence-corrected chi connectivity index (χ2v) is 10.8. The van der Waals surface area contributed by atoms with Gasteiger partial charge in [-0.15, -0.1) is 0 Å². The Bertz CT molecular complexity index is 1330. The lowest BCUT2D eigenvalue weighted by molar-refractivity contribution is -0.118. The molecule has 3 aromatic rings. The van der Waals surface area contributed by atoms with Crippen LogP contribution in [0.5, 0.6) is 5.75 Å². The summed E-state index contributed by atoms with van der Waals surface area (Å²) in [5.41, 5.74) is 5.37. The minimum Gasteiger partial charge on any atom is -0.484 e. The summed E-state index contributed by atoms with van der Waals surface area (Å²) in [6.45, 7) is 5.75. The Morgan fingerprint density at radius 2 is 1.77 bits per heavy atom. The molecule has 0 aromatic heterocycles. The number of carbonyl (C=O) groups excluding carboxylic acids is 2. The van der Waals surface area contributed by atoms with Gasteiger partial charge in [0.25, 0.3) is 11.8 Å². The maximum absolute atomic E-state index is 13.0. The molecular weight excluding hydrogens is 544 g/mol. The third-order valence-electron chi connectivity index (χ3n) is 5.37. The van der Waals surface area contributed by atoms with Crippen molar-refractivity contribution < 1.29 is 14.3 Å². The number of halogens is 1. The first-order valence-electron chi connectivity index (χ1n) is 10.9. The van der Waals surface area contributed by atoms with Crippen LogP contribution in [0.4, 0.5) is 11.4 Å². The molecule has 1 aliphatic rings. The molecule has 3 aromatic carbocycles. The molecule has 1 fully saturated rings. The highest BCUT2D eigenvalue weighted by molar-refractivity contribution is 9.10. The molecule has 2 amide bonds. The third kappa shape index (κ3) is 6.01. The highest BCUT2D eigenvalue weighted by atomic mass is 79.9. The average molecular weight is 568 g/mol. The van der Waals surface area contributed by atoms with E-state index in [1.54, 1.807) is 23.1 Å². The lowest BCUT2D eigenvalue weighted by atomic mass is 10.1. The van der Waals surface area contributed by atoms with Gasteiger partial charge in [-0.05, 0) is 79.9 Å². The van der Waals surface area contributed by atoms with Crippen molar-refractivity contribution in [3.63, 3.8) is 0 Å². The Balaban J connectivity index is 1.43. The maximum Gasteiger partial charge on any atom is 0.270 e. The van der Waals surface area contributed by atoms with Crippen molar-refractivity contribution in [2.45, 2.75) is 20.8 Å². The number of hydrogen-bond donors (Lipinski definition) is 1. The fraction of sp³-hybridized carbons (Fsp3) is 0.148. The van der Waals surface area contributed by atoms with Crippen molar-refractivity contribution in [3.8, 4) is 5.75 Å². The van der Waals surface area contributed by atoms with Crippen molar-refractivity contribution in [1.29, 1.82) is 0 Å². The van der Waals surface area contributed by atoms with E-state index >= 15 is 0 Å². The average Bonchev–Trinajstić information content (AvgIpc) is 3.08. The summed E-state index contributed by atoms with van der Waals surface area (Å²) in [6.07, 6.45) is 1.79. The first-order chi connectivity index (χ1) is 16.7. The van der Waals surface area contributed by atoms with E-state index < -0.39 is 0 Å². The number of hydrogen-bond acceptors (Lipinski definition) is 5. The van der Waals surface area contributed by atoms with Crippen LogP contribution in [0, 0.1) is 20.8 Å². The number of amides is 2. The van der Waals surface area contributed by atoms with Gasteiger partial charge in [-0.1, -0.05) is 69.7 Å². The Morgan fingerprint density at radius 3 is 2.46 bits per heavy atom. The molecule has 178 valence electrons. The topological polar surface area (TPSA) is 58.6 Å². The molecule has 8 heteroatoms. The molecule has 5 nitrogen and oxygen atoms in total. The van der Waals surface area contributed by atoms with Crippen molar-refractivity contribution in [2.24, 2.45) is 0 Å². The molecule has 1 N–H and O–H groups in total. The number of rotatable bonds is 6. The summed E-state index contributed by atoms with van der Waals surface area (Å²) >= 11 is 10.2.